The summed E-state index contributed by atoms with van der Waals surface area (Å²) < 4.78 is 4.93. The molecule has 1 unspecified atom stereocenters. The molecule has 1 aliphatic rings. The first-order valence-electron chi connectivity index (χ1n) is 6.48. The van der Waals surface area contributed by atoms with Gasteiger partial charge in [0.15, 0.2) is 11.9 Å². The Labute approximate surface area is 120 Å². The summed E-state index contributed by atoms with van der Waals surface area (Å²) in [5.41, 5.74) is -1.10. The molecule has 0 spiro atoms. The number of aliphatic hydroxyl groups excluding tert-OH is 3. The minimum Gasteiger partial charge on any atom is -0.505 e. The Morgan fingerprint density at radius 1 is 1.15 bits per heavy atom. The fraction of sp³-hybridized carbons (Fsp3) is 0.750. The van der Waals surface area contributed by atoms with Crippen LogP contribution in [0.3, 0.4) is 0 Å². The smallest absolute Gasteiger partial charge is 0.377 e. The Kier molecular flexibility index (Phi) is 4.19. The molecule has 4 N–H and O–H groups in total. The molecule has 0 radical (unpaired) electrons. The maximum absolute atomic E-state index is 11.4. The average molecular weight is 320 g/mol. The van der Waals surface area contributed by atoms with Gasteiger partial charge in [0.1, 0.15) is 5.22 Å². The Morgan fingerprint density at radius 2 is 1.60 bits per heavy atom. The highest BCUT2D eigenvalue weighted by molar-refractivity contribution is 6.84. The van der Waals surface area contributed by atoms with Crippen LogP contribution in [0.4, 0.5) is 0 Å². The van der Waals surface area contributed by atoms with Gasteiger partial charge in [0.2, 0.25) is 5.76 Å². The highest BCUT2D eigenvalue weighted by Gasteiger charge is 2.62. The standard InChI is InChI=1S/C12H24O6Si2/c1-19(2,3)11(16)12(17,20(4,5)6)9-7(13)8(14)10(15)18-9/h9,11,13-14,16-17H,1-6H3/t9-,11?,12-/m0/s1. The van der Waals surface area contributed by atoms with Crippen LogP contribution in [0.2, 0.25) is 39.3 Å². The zero-order valence-electron chi connectivity index (χ0n) is 12.8. The molecule has 1 rings (SSSR count). The van der Waals surface area contributed by atoms with Crippen molar-refractivity contribution in [3.63, 3.8) is 0 Å². The number of carbonyl (C=O) groups excluding carboxylic acids is 1. The van der Waals surface area contributed by atoms with Crippen LogP contribution in [-0.2, 0) is 9.53 Å². The van der Waals surface area contributed by atoms with Gasteiger partial charge in [-0.05, 0) is 0 Å². The molecule has 3 atom stereocenters. The molecule has 8 heteroatoms. The van der Waals surface area contributed by atoms with Crippen LogP contribution in [0.1, 0.15) is 0 Å². The average Bonchev–Trinajstić information content (AvgIpc) is 2.52. The van der Waals surface area contributed by atoms with Crippen LogP contribution in [0, 0.1) is 0 Å². The molecule has 1 aliphatic heterocycles. The Morgan fingerprint density at radius 3 is 1.85 bits per heavy atom. The second kappa shape index (κ2) is 4.87. The third-order valence-electron chi connectivity index (χ3n) is 3.75. The van der Waals surface area contributed by atoms with Crippen LogP contribution in [0.25, 0.3) is 0 Å². The summed E-state index contributed by atoms with van der Waals surface area (Å²) in [7, 11) is -4.71. The van der Waals surface area contributed by atoms with E-state index in [9.17, 15) is 25.2 Å². The van der Waals surface area contributed by atoms with Crippen molar-refractivity contribution >= 4 is 22.1 Å². The van der Waals surface area contributed by atoms with Gasteiger partial charge in [0, 0.05) is 0 Å². The van der Waals surface area contributed by atoms with Crippen LogP contribution >= 0.6 is 0 Å². The first-order valence-corrected chi connectivity index (χ1v) is 13.6. The van der Waals surface area contributed by atoms with Crippen molar-refractivity contribution in [2.24, 2.45) is 0 Å². The van der Waals surface area contributed by atoms with E-state index in [1.807, 2.05) is 39.3 Å². The van der Waals surface area contributed by atoms with Crippen molar-refractivity contribution in [1.29, 1.82) is 0 Å². The minimum atomic E-state index is -2.49. The Hall–Kier alpha value is -0.836. The van der Waals surface area contributed by atoms with Gasteiger partial charge in [-0.2, -0.15) is 0 Å². The van der Waals surface area contributed by atoms with E-state index >= 15 is 0 Å². The first-order chi connectivity index (χ1) is 8.74. The molecule has 1 heterocycles. The second-order valence-electron chi connectivity index (χ2n) is 7.36. The Balaban J connectivity index is 3.40. The largest absolute Gasteiger partial charge is 0.505 e. The summed E-state index contributed by atoms with van der Waals surface area (Å²) in [6, 6.07) is 0. The molecule has 0 aromatic carbocycles. The SMILES string of the molecule is C[Si](C)(C)C(O)[C@](O)([C@H]1OC(=O)C(O)=C1O)[Si](C)(C)C. The van der Waals surface area contributed by atoms with Gasteiger partial charge >= 0.3 is 5.97 Å². The number of hydrogen-bond acceptors (Lipinski definition) is 6. The highest BCUT2D eigenvalue weighted by Crippen LogP contribution is 2.39. The van der Waals surface area contributed by atoms with Crippen molar-refractivity contribution in [1.82, 2.24) is 0 Å². The van der Waals surface area contributed by atoms with Crippen molar-refractivity contribution in [3.05, 3.63) is 11.5 Å². The lowest BCUT2D eigenvalue weighted by molar-refractivity contribution is -0.153. The monoisotopic (exact) mass is 320 g/mol. The number of ether oxygens (including phenoxy) is 1. The van der Waals surface area contributed by atoms with Gasteiger partial charge in [-0.3, -0.25) is 0 Å². The predicted octanol–water partition coefficient (Wildman–Crippen LogP) is 1.09. The maximum atomic E-state index is 11.4. The molecule has 0 aliphatic carbocycles. The minimum absolute atomic E-state index is 0.697. The number of aliphatic hydroxyl groups is 4. The van der Waals surface area contributed by atoms with Crippen LogP contribution < -0.4 is 0 Å². The third kappa shape index (κ3) is 2.52. The highest BCUT2D eigenvalue weighted by atomic mass is 28.3. The second-order valence-corrected chi connectivity index (χ2v) is 17.9. The van der Waals surface area contributed by atoms with Crippen molar-refractivity contribution in [2.45, 2.75) is 56.3 Å². The zero-order valence-corrected chi connectivity index (χ0v) is 14.8. The predicted molar refractivity (Wildman–Crippen MR) is 79.8 cm³/mol. The van der Waals surface area contributed by atoms with Gasteiger partial charge < -0.3 is 25.2 Å². The maximum Gasteiger partial charge on any atom is 0.377 e. The molecular formula is C12H24O6Si2. The molecule has 0 saturated heterocycles. The van der Waals surface area contributed by atoms with Crippen molar-refractivity contribution in [3.8, 4) is 0 Å². The summed E-state index contributed by atoms with van der Waals surface area (Å²) in [5.74, 6) is -2.67. The molecule has 0 fully saturated rings. The van der Waals surface area contributed by atoms with Gasteiger partial charge in [0.25, 0.3) is 0 Å². The summed E-state index contributed by atoms with van der Waals surface area (Å²) in [5, 5.41) is 39.3. The van der Waals surface area contributed by atoms with Gasteiger partial charge in [0.05, 0.1) is 21.9 Å². The number of cyclic esters (lactones) is 1. The number of carbonyl (C=O) groups is 1. The van der Waals surface area contributed by atoms with E-state index < -0.39 is 50.7 Å². The third-order valence-corrected chi connectivity index (χ3v) is 9.06. The zero-order chi connectivity index (χ0) is 16.1. The van der Waals surface area contributed by atoms with E-state index in [0.29, 0.717) is 0 Å². The number of hydrogen-bond donors (Lipinski definition) is 4. The normalized spacial score (nSPS) is 25.4. The topological polar surface area (TPSA) is 107 Å². The van der Waals surface area contributed by atoms with Crippen LogP contribution in [0.15, 0.2) is 11.5 Å². The molecule has 0 saturated carbocycles. The lowest BCUT2D eigenvalue weighted by Gasteiger charge is -2.48. The van der Waals surface area contributed by atoms with Crippen molar-refractivity contribution in [2.75, 3.05) is 0 Å². The van der Waals surface area contributed by atoms with E-state index in [0.717, 1.165) is 0 Å². The summed E-state index contributed by atoms with van der Waals surface area (Å²) in [4.78, 5) is 11.4. The summed E-state index contributed by atoms with van der Waals surface area (Å²) in [6.07, 6.45) is -1.41. The first kappa shape index (κ1) is 17.2. The van der Waals surface area contributed by atoms with Crippen LogP contribution in [0.5, 0.6) is 0 Å². The molecule has 116 valence electrons. The molecular weight excluding hydrogens is 296 g/mol. The number of esters is 1. The van der Waals surface area contributed by atoms with Gasteiger partial charge in [-0.15, -0.1) is 0 Å². The molecule has 6 nitrogen and oxygen atoms in total. The fourth-order valence-electron chi connectivity index (χ4n) is 2.35. The lowest BCUT2D eigenvalue weighted by atomic mass is 10.1. The van der Waals surface area contributed by atoms with Crippen molar-refractivity contribution < 1.29 is 30.0 Å². The van der Waals surface area contributed by atoms with Gasteiger partial charge in [-0.1, -0.05) is 39.3 Å². The van der Waals surface area contributed by atoms with Gasteiger partial charge in [-0.25, -0.2) is 4.79 Å². The summed E-state index contributed by atoms with van der Waals surface area (Å²) in [6.45, 7) is 11.1. The van der Waals surface area contributed by atoms with E-state index in [1.165, 1.54) is 0 Å². The van der Waals surface area contributed by atoms with E-state index in [-0.39, 0.29) is 0 Å². The Bertz CT molecular complexity index is 448. The van der Waals surface area contributed by atoms with E-state index in [1.54, 1.807) is 0 Å². The summed E-state index contributed by atoms with van der Waals surface area (Å²) >= 11 is 0. The molecule has 0 bridgehead atoms. The van der Waals surface area contributed by atoms with E-state index in [4.69, 9.17) is 4.74 Å². The number of rotatable bonds is 4. The van der Waals surface area contributed by atoms with Crippen LogP contribution in [-0.4, -0.2) is 59.6 Å². The fourth-order valence-corrected chi connectivity index (χ4v) is 8.22. The molecule has 0 aromatic heterocycles. The molecule has 0 aromatic rings. The van der Waals surface area contributed by atoms with E-state index in [2.05, 4.69) is 0 Å². The molecule has 20 heavy (non-hydrogen) atoms. The molecule has 0 amide bonds. The lowest BCUT2D eigenvalue weighted by Crippen LogP contribution is -2.72. The quantitative estimate of drug-likeness (QED) is 0.456.